The van der Waals surface area contributed by atoms with Crippen LogP contribution in [0.15, 0.2) is 22.7 Å². The Morgan fingerprint density at radius 3 is 2.67 bits per heavy atom. The molecule has 1 N–H and O–H groups in total. The highest BCUT2D eigenvalue weighted by atomic mass is 79.9. The van der Waals surface area contributed by atoms with Gasteiger partial charge < -0.3 is 9.84 Å². The molecule has 1 aliphatic rings. The number of aliphatic hydroxyl groups is 1. The van der Waals surface area contributed by atoms with E-state index in [0.717, 1.165) is 28.6 Å². The van der Waals surface area contributed by atoms with Gasteiger partial charge in [-0.1, -0.05) is 41.3 Å². The van der Waals surface area contributed by atoms with Crippen LogP contribution in [0, 0.1) is 5.92 Å². The third-order valence-corrected chi connectivity index (χ3v) is 4.38. The van der Waals surface area contributed by atoms with Crippen LogP contribution < -0.4 is 4.74 Å². The lowest BCUT2D eigenvalue weighted by atomic mass is 9.83. The molecule has 0 amide bonds. The van der Waals surface area contributed by atoms with Crippen molar-refractivity contribution in [2.24, 2.45) is 5.92 Å². The molecule has 2 rings (SSSR count). The second-order valence-electron chi connectivity index (χ2n) is 4.96. The molecule has 0 radical (unpaired) electrons. The zero-order chi connectivity index (χ0) is 13.0. The molecule has 0 spiro atoms. The van der Waals surface area contributed by atoms with E-state index < -0.39 is 0 Å². The Morgan fingerprint density at radius 2 is 2.06 bits per heavy atom. The van der Waals surface area contributed by atoms with Crippen LogP contribution >= 0.6 is 15.9 Å². The van der Waals surface area contributed by atoms with Gasteiger partial charge in [-0.2, -0.15) is 0 Å². The molecule has 1 aromatic rings. The standard InChI is InChI=1S/C15H21BrO2/c1-2-18-12-8-9-13(14(16)10-12)15(17)11-6-4-3-5-7-11/h8-11,15,17H,2-7H2,1H3. The topological polar surface area (TPSA) is 29.5 Å². The summed E-state index contributed by atoms with van der Waals surface area (Å²) in [7, 11) is 0. The van der Waals surface area contributed by atoms with Crippen molar-refractivity contribution < 1.29 is 9.84 Å². The Morgan fingerprint density at radius 1 is 1.33 bits per heavy atom. The van der Waals surface area contributed by atoms with Gasteiger partial charge in [-0.05, 0) is 43.4 Å². The highest BCUT2D eigenvalue weighted by molar-refractivity contribution is 9.10. The predicted molar refractivity (Wildman–Crippen MR) is 76.8 cm³/mol. The monoisotopic (exact) mass is 312 g/mol. The minimum absolute atomic E-state index is 0.352. The summed E-state index contributed by atoms with van der Waals surface area (Å²) in [5.41, 5.74) is 0.991. The zero-order valence-electron chi connectivity index (χ0n) is 10.9. The van der Waals surface area contributed by atoms with E-state index in [-0.39, 0.29) is 6.10 Å². The van der Waals surface area contributed by atoms with Crippen LogP contribution in [0.25, 0.3) is 0 Å². The summed E-state index contributed by atoms with van der Waals surface area (Å²) < 4.78 is 6.41. The predicted octanol–water partition coefficient (Wildman–Crippen LogP) is 4.46. The molecule has 1 aliphatic carbocycles. The van der Waals surface area contributed by atoms with Crippen molar-refractivity contribution in [3.63, 3.8) is 0 Å². The van der Waals surface area contributed by atoms with Crippen molar-refractivity contribution in [2.75, 3.05) is 6.61 Å². The van der Waals surface area contributed by atoms with Gasteiger partial charge in [0.2, 0.25) is 0 Å². The van der Waals surface area contributed by atoms with Crippen molar-refractivity contribution in [3.8, 4) is 5.75 Å². The molecule has 0 saturated heterocycles. The first kappa shape index (κ1) is 13.9. The molecule has 100 valence electrons. The van der Waals surface area contributed by atoms with Gasteiger partial charge in [0.25, 0.3) is 0 Å². The van der Waals surface area contributed by atoms with Gasteiger partial charge in [0, 0.05) is 4.47 Å². The first-order valence-corrected chi connectivity index (χ1v) is 7.62. The van der Waals surface area contributed by atoms with E-state index in [1.165, 1.54) is 19.3 Å². The van der Waals surface area contributed by atoms with E-state index in [4.69, 9.17) is 4.74 Å². The number of ether oxygens (including phenoxy) is 1. The SMILES string of the molecule is CCOc1ccc(C(O)C2CCCCC2)c(Br)c1. The quantitative estimate of drug-likeness (QED) is 0.889. The van der Waals surface area contributed by atoms with Gasteiger partial charge in [0.05, 0.1) is 12.7 Å². The van der Waals surface area contributed by atoms with Crippen molar-refractivity contribution >= 4 is 15.9 Å². The summed E-state index contributed by atoms with van der Waals surface area (Å²) in [4.78, 5) is 0. The van der Waals surface area contributed by atoms with E-state index in [1.807, 2.05) is 25.1 Å². The summed E-state index contributed by atoms with van der Waals surface area (Å²) in [6, 6.07) is 5.87. The lowest BCUT2D eigenvalue weighted by molar-refractivity contribution is 0.0842. The number of rotatable bonds is 4. The van der Waals surface area contributed by atoms with Gasteiger partial charge in [0.1, 0.15) is 5.75 Å². The normalized spacial score (nSPS) is 18.6. The number of halogens is 1. The molecule has 3 heteroatoms. The Hall–Kier alpha value is -0.540. The average Bonchev–Trinajstić information content (AvgIpc) is 2.40. The van der Waals surface area contributed by atoms with Gasteiger partial charge in [0.15, 0.2) is 0 Å². The largest absolute Gasteiger partial charge is 0.494 e. The first-order chi connectivity index (χ1) is 8.72. The van der Waals surface area contributed by atoms with E-state index >= 15 is 0 Å². The molecule has 18 heavy (non-hydrogen) atoms. The number of hydrogen-bond acceptors (Lipinski definition) is 2. The van der Waals surface area contributed by atoms with Crippen LogP contribution in [0.3, 0.4) is 0 Å². The molecule has 0 aliphatic heterocycles. The van der Waals surface area contributed by atoms with Crippen LogP contribution in [-0.4, -0.2) is 11.7 Å². The van der Waals surface area contributed by atoms with E-state index in [9.17, 15) is 5.11 Å². The molecular formula is C15H21BrO2. The fourth-order valence-electron chi connectivity index (χ4n) is 2.71. The van der Waals surface area contributed by atoms with Crippen LogP contribution in [0.4, 0.5) is 0 Å². The minimum Gasteiger partial charge on any atom is -0.494 e. The maximum Gasteiger partial charge on any atom is 0.120 e. The van der Waals surface area contributed by atoms with Crippen molar-refractivity contribution in [1.29, 1.82) is 0 Å². The Balaban J connectivity index is 2.11. The fourth-order valence-corrected chi connectivity index (χ4v) is 3.30. The summed E-state index contributed by atoms with van der Waals surface area (Å²) in [6.07, 6.45) is 5.73. The summed E-state index contributed by atoms with van der Waals surface area (Å²) in [5.74, 6) is 1.26. The fraction of sp³-hybridized carbons (Fsp3) is 0.600. The summed E-state index contributed by atoms with van der Waals surface area (Å²) in [6.45, 7) is 2.63. The molecule has 1 fully saturated rings. The highest BCUT2D eigenvalue weighted by Crippen LogP contribution is 2.38. The third-order valence-electron chi connectivity index (χ3n) is 3.70. The van der Waals surface area contributed by atoms with Crippen LogP contribution in [0.2, 0.25) is 0 Å². The summed E-state index contributed by atoms with van der Waals surface area (Å²) >= 11 is 3.54. The molecule has 0 heterocycles. The second-order valence-corrected chi connectivity index (χ2v) is 5.81. The van der Waals surface area contributed by atoms with Crippen LogP contribution in [-0.2, 0) is 0 Å². The maximum absolute atomic E-state index is 10.5. The minimum atomic E-state index is -0.352. The van der Waals surface area contributed by atoms with E-state index in [1.54, 1.807) is 0 Å². The molecular weight excluding hydrogens is 292 g/mol. The summed E-state index contributed by atoms with van der Waals surface area (Å²) in [5, 5.41) is 10.5. The van der Waals surface area contributed by atoms with Gasteiger partial charge in [-0.15, -0.1) is 0 Å². The van der Waals surface area contributed by atoms with Crippen molar-refractivity contribution in [1.82, 2.24) is 0 Å². The molecule has 1 saturated carbocycles. The smallest absolute Gasteiger partial charge is 0.120 e. The Bertz CT molecular complexity index is 386. The lowest BCUT2D eigenvalue weighted by Crippen LogP contribution is -2.16. The number of aliphatic hydroxyl groups excluding tert-OH is 1. The van der Waals surface area contributed by atoms with E-state index in [0.29, 0.717) is 12.5 Å². The third kappa shape index (κ3) is 3.27. The number of hydrogen-bond donors (Lipinski definition) is 1. The van der Waals surface area contributed by atoms with E-state index in [2.05, 4.69) is 15.9 Å². The lowest BCUT2D eigenvalue weighted by Gasteiger charge is -2.27. The molecule has 1 aromatic carbocycles. The maximum atomic E-state index is 10.5. The molecule has 1 unspecified atom stereocenters. The zero-order valence-corrected chi connectivity index (χ0v) is 12.4. The van der Waals surface area contributed by atoms with Crippen LogP contribution in [0.5, 0.6) is 5.75 Å². The first-order valence-electron chi connectivity index (χ1n) is 6.82. The molecule has 0 aromatic heterocycles. The Kier molecular flexibility index (Phi) is 5.07. The molecule has 2 nitrogen and oxygen atoms in total. The molecule has 1 atom stereocenters. The van der Waals surface area contributed by atoms with Gasteiger partial charge >= 0.3 is 0 Å². The highest BCUT2D eigenvalue weighted by Gasteiger charge is 2.24. The number of benzene rings is 1. The van der Waals surface area contributed by atoms with Crippen molar-refractivity contribution in [3.05, 3.63) is 28.2 Å². The average molecular weight is 313 g/mol. The molecule has 0 bridgehead atoms. The second kappa shape index (κ2) is 6.58. The van der Waals surface area contributed by atoms with Gasteiger partial charge in [-0.3, -0.25) is 0 Å². The van der Waals surface area contributed by atoms with Crippen molar-refractivity contribution in [2.45, 2.75) is 45.1 Å². The Labute approximate surface area is 117 Å². The van der Waals surface area contributed by atoms with Crippen LogP contribution in [0.1, 0.15) is 50.7 Å². The van der Waals surface area contributed by atoms with Gasteiger partial charge in [-0.25, -0.2) is 0 Å².